The Bertz CT molecular complexity index is 863. The fourth-order valence-electron chi connectivity index (χ4n) is 2.12. The summed E-state index contributed by atoms with van der Waals surface area (Å²) in [6, 6.07) is 9.60. The van der Waals surface area contributed by atoms with Crippen LogP contribution >= 0.6 is 10.2 Å². The van der Waals surface area contributed by atoms with Crippen LogP contribution in [0.2, 0.25) is 0 Å². The van der Waals surface area contributed by atoms with E-state index in [0.717, 1.165) is 17.7 Å². The topological polar surface area (TPSA) is 50.8 Å². The Morgan fingerprint density at radius 2 is 1.40 bits per heavy atom. The van der Waals surface area contributed by atoms with Crippen molar-refractivity contribution in [3.63, 3.8) is 0 Å². The molecule has 0 spiro atoms. The first-order chi connectivity index (χ1) is 11.5. The van der Waals surface area contributed by atoms with Gasteiger partial charge in [-0.05, 0) is 28.8 Å². The molecule has 3 aromatic rings. The highest BCUT2D eigenvalue weighted by Gasteiger charge is 2.65. The van der Waals surface area contributed by atoms with Gasteiger partial charge in [-0.15, -0.1) is 5.10 Å². The average Bonchev–Trinajstić information content (AvgIpc) is 3.05. The Hall–Kier alpha value is -2.62. The van der Waals surface area contributed by atoms with Crippen LogP contribution in [0.5, 0.6) is 5.88 Å². The van der Waals surface area contributed by atoms with Gasteiger partial charge in [0.1, 0.15) is 17.7 Å². The summed E-state index contributed by atoms with van der Waals surface area (Å²) in [5, 5.41) is 9.72. The molecule has 10 heteroatoms. The summed E-state index contributed by atoms with van der Waals surface area (Å²) in [6.45, 7) is 0.232. The van der Waals surface area contributed by atoms with Crippen LogP contribution < -0.4 is 4.74 Å². The Morgan fingerprint density at radius 3 is 1.88 bits per heavy atom. The zero-order chi connectivity index (χ0) is 18.2. The van der Waals surface area contributed by atoms with Gasteiger partial charge < -0.3 is 4.74 Å². The lowest BCUT2D eigenvalue weighted by Gasteiger charge is -2.40. The number of rotatable bonds is 5. The second kappa shape index (κ2) is 5.19. The van der Waals surface area contributed by atoms with Crippen LogP contribution in [0.15, 0.2) is 59.6 Å². The third-order valence-corrected chi connectivity index (χ3v) is 4.53. The van der Waals surface area contributed by atoms with Gasteiger partial charge in [0.2, 0.25) is 0 Å². The van der Waals surface area contributed by atoms with E-state index < -0.39 is 15.1 Å². The first-order valence-electron chi connectivity index (χ1n) is 6.93. The van der Waals surface area contributed by atoms with Gasteiger partial charge in [0, 0.05) is 0 Å². The standard InChI is InChI=1S/C15H12F5N3OS/c16-25(17,18,19,20)14-7-5-13(6-8-14)12-3-1-11(2-4-12)10-24-15-9-21-23-22-15/h1-9H,10H2,(H,21,22,23). The first kappa shape index (κ1) is 17.2. The number of halogens is 5. The van der Waals surface area contributed by atoms with Crippen molar-refractivity contribution in [1.82, 2.24) is 15.4 Å². The monoisotopic (exact) mass is 377 g/mol. The minimum Gasteiger partial charge on any atom is -0.471 e. The molecule has 0 bridgehead atoms. The number of hydrogen-bond acceptors (Lipinski definition) is 3. The molecule has 0 aliphatic heterocycles. The molecule has 0 amide bonds. The fourth-order valence-corrected chi connectivity index (χ4v) is 2.77. The summed E-state index contributed by atoms with van der Waals surface area (Å²) in [5.41, 5.74) is 1.80. The van der Waals surface area contributed by atoms with Crippen LogP contribution in [0.1, 0.15) is 5.56 Å². The molecule has 0 aliphatic carbocycles. The Labute approximate surface area is 139 Å². The van der Waals surface area contributed by atoms with Gasteiger partial charge in [-0.3, -0.25) is 0 Å². The van der Waals surface area contributed by atoms with Crippen LogP contribution in [0.3, 0.4) is 0 Å². The highest BCUT2D eigenvalue weighted by atomic mass is 32.5. The number of benzene rings is 2. The molecule has 1 heterocycles. The van der Waals surface area contributed by atoms with Crippen LogP contribution in [-0.2, 0) is 6.61 Å². The number of hydrogen-bond donors (Lipinski definition) is 1. The van der Waals surface area contributed by atoms with Gasteiger partial charge in [0.25, 0.3) is 5.88 Å². The summed E-state index contributed by atoms with van der Waals surface area (Å²) < 4.78 is 68.9. The number of nitrogens with one attached hydrogen (secondary N) is 1. The van der Waals surface area contributed by atoms with Gasteiger partial charge in [-0.2, -0.15) is 10.3 Å². The van der Waals surface area contributed by atoms with Crippen molar-refractivity contribution in [1.29, 1.82) is 0 Å². The molecule has 0 atom stereocenters. The maximum Gasteiger partial charge on any atom is 0.310 e. The molecule has 0 aliphatic rings. The minimum atomic E-state index is -9.64. The van der Waals surface area contributed by atoms with Crippen molar-refractivity contribution < 1.29 is 24.2 Å². The van der Waals surface area contributed by atoms with Crippen molar-refractivity contribution in [3.05, 3.63) is 60.3 Å². The average molecular weight is 377 g/mol. The van der Waals surface area contributed by atoms with E-state index in [-0.39, 0.29) is 6.61 Å². The van der Waals surface area contributed by atoms with Crippen LogP contribution in [0, 0.1) is 0 Å². The molecule has 2 aromatic carbocycles. The fraction of sp³-hybridized carbons (Fsp3) is 0.0667. The Kier molecular flexibility index (Phi) is 3.57. The van der Waals surface area contributed by atoms with Crippen LogP contribution in [0.4, 0.5) is 19.4 Å². The third-order valence-electron chi connectivity index (χ3n) is 3.37. The lowest BCUT2D eigenvalue weighted by Crippen LogP contribution is -2.05. The number of nitrogens with zero attached hydrogens (tertiary/aromatic N) is 2. The molecule has 3 rings (SSSR count). The zero-order valence-corrected chi connectivity index (χ0v) is 13.3. The van der Waals surface area contributed by atoms with Crippen molar-refractivity contribution in [2.75, 3.05) is 0 Å². The molecule has 134 valence electrons. The Balaban J connectivity index is 1.74. The molecule has 0 saturated heterocycles. The summed E-state index contributed by atoms with van der Waals surface area (Å²) in [7, 11) is -9.64. The lowest BCUT2D eigenvalue weighted by atomic mass is 10.0. The molecule has 25 heavy (non-hydrogen) atoms. The predicted molar refractivity (Wildman–Crippen MR) is 84.0 cm³/mol. The van der Waals surface area contributed by atoms with Crippen molar-refractivity contribution in [3.8, 4) is 17.0 Å². The number of aromatic amines is 1. The normalized spacial score (nSPS) is 14.6. The van der Waals surface area contributed by atoms with E-state index >= 15 is 0 Å². The van der Waals surface area contributed by atoms with Crippen molar-refractivity contribution >= 4 is 10.2 Å². The minimum absolute atomic E-state index is 0.232. The molecule has 0 radical (unpaired) electrons. The number of H-pyrrole nitrogens is 1. The van der Waals surface area contributed by atoms with E-state index in [9.17, 15) is 19.4 Å². The van der Waals surface area contributed by atoms with Gasteiger partial charge in [-0.1, -0.05) is 55.8 Å². The first-order valence-corrected chi connectivity index (χ1v) is 8.88. The van der Waals surface area contributed by atoms with E-state index in [1.54, 1.807) is 24.3 Å². The summed E-state index contributed by atoms with van der Waals surface area (Å²) in [5.74, 6) is 0.329. The third kappa shape index (κ3) is 4.27. The number of aromatic nitrogens is 3. The van der Waals surface area contributed by atoms with Crippen molar-refractivity contribution in [2.24, 2.45) is 0 Å². The smallest absolute Gasteiger partial charge is 0.310 e. The molecular weight excluding hydrogens is 365 g/mol. The van der Waals surface area contributed by atoms with Gasteiger partial charge in [0.15, 0.2) is 0 Å². The van der Waals surface area contributed by atoms with Gasteiger partial charge in [0.05, 0.1) is 0 Å². The zero-order valence-electron chi connectivity index (χ0n) is 12.5. The quantitative estimate of drug-likeness (QED) is 0.580. The van der Waals surface area contributed by atoms with Gasteiger partial charge >= 0.3 is 10.2 Å². The molecule has 0 fully saturated rings. The molecular formula is C15H12F5N3OS. The largest absolute Gasteiger partial charge is 0.471 e. The number of ether oxygens (including phenoxy) is 1. The molecule has 0 unspecified atom stereocenters. The SMILES string of the molecule is FS(F)(F)(F)(F)c1ccc(-c2ccc(COc3cn[nH]n3)cc2)cc1. The van der Waals surface area contributed by atoms with E-state index in [2.05, 4.69) is 15.4 Å². The molecule has 0 saturated carbocycles. The van der Waals surface area contributed by atoms with Crippen LogP contribution in [-0.4, -0.2) is 15.4 Å². The lowest BCUT2D eigenvalue weighted by molar-refractivity contribution is 0.293. The maximum atomic E-state index is 12.7. The molecule has 1 aromatic heterocycles. The predicted octanol–water partition coefficient (Wildman–Crippen LogP) is 5.71. The van der Waals surface area contributed by atoms with Crippen LogP contribution in [0.25, 0.3) is 11.1 Å². The second-order valence-corrected chi connectivity index (χ2v) is 7.70. The van der Waals surface area contributed by atoms with E-state index in [4.69, 9.17) is 4.74 Å². The van der Waals surface area contributed by atoms with Gasteiger partial charge in [-0.25, -0.2) is 0 Å². The Morgan fingerprint density at radius 1 is 0.840 bits per heavy atom. The van der Waals surface area contributed by atoms with E-state index in [1.165, 1.54) is 6.20 Å². The van der Waals surface area contributed by atoms with E-state index in [1.807, 2.05) is 0 Å². The molecule has 1 N–H and O–H groups in total. The molecule has 4 nitrogen and oxygen atoms in total. The summed E-state index contributed by atoms with van der Waals surface area (Å²) in [6.07, 6.45) is 1.41. The van der Waals surface area contributed by atoms with E-state index in [0.29, 0.717) is 29.1 Å². The maximum absolute atomic E-state index is 12.7. The second-order valence-electron chi connectivity index (χ2n) is 5.29. The highest BCUT2D eigenvalue weighted by molar-refractivity contribution is 8.45. The summed E-state index contributed by atoms with van der Waals surface area (Å²) in [4.78, 5) is -1.90. The highest BCUT2D eigenvalue weighted by Crippen LogP contribution is 3.02. The summed E-state index contributed by atoms with van der Waals surface area (Å²) >= 11 is 0. The van der Waals surface area contributed by atoms with Crippen molar-refractivity contribution in [2.45, 2.75) is 11.5 Å².